The van der Waals surface area contributed by atoms with Crippen LogP contribution < -0.4 is 10.4 Å². The van der Waals surface area contributed by atoms with Crippen LogP contribution >= 0.6 is 27.5 Å². The quantitative estimate of drug-likeness (QED) is 0.213. The molecule has 0 aliphatic rings. The lowest BCUT2D eigenvalue weighted by Gasteiger charge is -2.09. The third-order valence-electron chi connectivity index (χ3n) is 4.16. The van der Waals surface area contributed by atoms with E-state index in [4.69, 9.17) is 20.8 Å². The molecule has 0 fully saturated rings. The molecule has 0 saturated carbocycles. The monoisotopic (exact) mass is 454 g/mol. The summed E-state index contributed by atoms with van der Waals surface area (Å²) in [5, 5.41) is 1.03. The minimum atomic E-state index is -0.604. The lowest BCUT2D eigenvalue weighted by molar-refractivity contribution is 0.0735. The number of benzene rings is 3. The summed E-state index contributed by atoms with van der Waals surface area (Å²) in [6, 6.07) is 20.8. The zero-order chi connectivity index (χ0) is 19.7. The molecule has 0 saturated heterocycles. The zero-order valence-electron chi connectivity index (χ0n) is 14.3. The Morgan fingerprint density at radius 3 is 2.54 bits per heavy atom. The molecule has 6 heteroatoms. The fourth-order valence-electron chi connectivity index (χ4n) is 2.88. The molecular weight excluding hydrogens is 444 g/mol. The second-order valence-corrected chi connectivity index (χ2v) is 7.34. The van der Waals surface area contributed by atoms with Crippen molar-refractivity contribution in [3.63, 3.8) is 0 Å². The Bertz CT molecular complexity index is 1250. The number of fused-ring (bicyclic) bond motifs is 1. The van der Waals surface area contributed by atoms with E-state index in [1.807, 2.05) is 30.3 Å². The Kier molecular flexibility index (Phi) is 5.03. The van der Waals surface area contributed by atoms with Crippen molar-refractivity contribution in [1.29, 1.82) is 0 Å². The predicted molar refractivity (Wildman–Crippen MR) is 112 cm³/mol. The highest BCUT2D eigenvalue weighted by Crippen LogP contribution is 2.30. The van der Waals surface area contributed by atoms with Gasteiger partial charge in [0.1, 0.15) is 11.3 Å². The summed E-state index contributed by atoms with van der Waals surface area (Å²) >= 11 is 9.38. The second kappa shape index (κ2) is 7.62. The van der Waals surface area contributed by atoms with E-state index in [9.17, 15) is 9.59 Å². The number of carbonyl (C=O) groups is 1. The minimum absolute atomic E-state index is 0.232. The molecule has 1 aromatic heterocycles. The average molecular weight is 456 g/mol. The van der Waals surface area contributed by atoms with Gasteiger partial charge in [0.25, 0.3) is 0 Å². The Morgan fingerprint density at radius 2 is 1.75 bits per heavy atom. The molecule has 3 aromatic carbocycles. The highest BCUT2D eigenvalue weighted by molar-refractivity contribution is 9.10. The number of esters is 1. The van der Waals surface area contributed by atoms with Crippen LogP contribution in [0, 0.1) is 0 Å². The maximum atomic E-state index is 12.5. The van der Waals surface area contributed by atoms with E-state index < -0.39 is 11.6 Å². The molecule has 0 bridgehead atoms. The van der Waals surface area contributed by atoms with Crippen LogP contribution in [0.2, 0.25) is 5.02 Å². The van der Waals surface area contributed by atoms with Gasteiger partial charge in [-0.1, -0.05) is 57.9 Å². The van der Waals surface area contributed by atoms with Gasteiger partial charge in [-0.25, -0.2) is 9.59 Å². The van der Waals surface area contributed by atoms with Gasteiger partial charge in [-0.3, -0.25) is 0 Å². The number of halogens is 2. The predicted octanol–water partition coefficient (Wildman–Crippen LogP) is 6.10. The molecule has 0 aliphatic carbocycles. The number of hydrogen-bond acceptors (Lipinski definition) is 4. The Hall–Kier alpha value is -2.89. The van der Waals surface area contributed by atoms with Gasteiger partial charge in [0.05, 0.1) is 10.6 Å². The topological polar surface area (TPSA) is 56.5 Å². The Balaban J connectivity index is 1.73. The van der Waals surface area contributed by atoms with Gasteiger partial charge in [-0.05, 0) is 41.5 Å². The molecule has 4 aromatic rings. The molecule has 0 radical (unpaired) electrons. The summed E-state index contributed by atoms with van der Waals surface area (Å²) in [5.74, 6) is -0.353. The largest absolute Gasteiger partial charge is 0.423 e. The van der Waals surface area contributed by atoms with Gasteiger partial charge in [0, 0.05) is 22.0 Å². The maximum absolute atomic E-state index is 12.5. The third-order valence-corrected chi connectivity index (χ3v) is 4.98. The molecule has 1 heterocycles. The third kappa shape index (κ3) is 3.72. The molecule has 0 unspecified atom stereocenters. The van der Waals surface area contributed by atoms with E-state index in [1.54, 1.807) is 30.3 Å². The summed E-state index contributed by atoms with van der Waals surface area (Å²) < 4.78 is 11.4. The van der Waals surface area contributed by atoms with Crippen molar-refractivity contribution in [3.05, 3.63) is 98.3 Å². The van der Waals surface area contributed by atoms with Crippen LogP contribution in [-0.4, -0.2) is 5.97 Å². The summed E-state index contributed by atoms with van der Waals surface area (Å²) in [6.45, 7) is 0. The second-order valence-electron chi connectivity index (χ2n) is 6.02. The van der Waals surface area contributed by atoms with Gasteiger partial charge in [-0.15, -0.1) is 0 Å². The van der Waals surface area contributed by atoms with Crippen molar-refractivity contribution < 1.29 is 13.9 Å². The molecule has 0 aliphatic heterocycles. The molecule has 0 amide bonds. The lowest BCUT2D eigenvalue weighted by Crippen LogP contribution is -2.09. The van der Waals surface area contributed by atoms with E-state index >= 15 is 0 Å². The van der Waals surface area contributed by atoms with Crippen molar-refractivity contribution >= 4 is 44.5 Å². The summed E-state index contributed by atoms with van der Waals surface area (Å²) in [4.78, 5) is 24.5. The fourth-order valence-corrected chi connectivity index (χ4v) is 3.43. The average Bonchev–Trinajstić information content (AvgIpc) is 2.69. The van der Waals surface area contributed by atoms with E-state index in [0.717, 1.165) is 16.5 Å². The van der Waals surface area contributed by atoms with Crippen LogP contribution in [0.15, 0.2) is 86.5 Å². The van der Waals surface area contributed by atoms with Crippen molar-refractivity contribution in [3.8, 4) is 16.9 Å². The first-order valence-corrected chi connectivity index (χ1v) is 9.49. The number of ether oxygens (including phenoxy) is 1. The highest BCUT2D eigenvalue weighted by atomic mass is 79.9. The molecule has 138 valence electrons. The molecule has 0 atom stereocenters. The number of rotatable bonds is 3. The van der Waals surface area contributed by atoms with Gasteiger partial charge >= 0.3 is 11.6 Å². The van der Waals surface area contributed by atoms with E-state index in [2.05, 4.69) is 15.9 Å². The summed E-state index contributed by atoms with van der Waals surface area (Å²) in [5.41, 5.74) is 1.73. The maximum Gasteiger partial charge on any atom is 0.345 e. The van der Waals surface area contributed by atoms with E-state index in [0.29, 0.717) is 10.1 Å². The fraction of sp³-hybridized carbons (Fsp3) is 0. The molecule has 0 spiro atoms. The molecule has 0 N–H and O–H groups in total. The first-order valence-electron chi connectivity index (χ1n) is 8.32. The zero-order valence-corrected chi connectivity index (χ0v) is 16.7. The Morgan fingerprint density at radius 1 is 0.964 bits per heavy atom. The normalized spacial score (nSPS) is 10.8. The van der Waals surface area contributed by atoms with E-state index in [1.165, 1.54) is 12.1 Å². The molecule has 4 rings (SSSR count). The van der Waals surface area contributed by atoms with Crippen LogP contribution in [-0.2, 0) is 0 Å². The first kappa shape index (κ1) is 18.5. The number of hydrogen-bond donors (Lipinski definition) is 0. The van der Waals surface area contributed by atoms with Crippen LogP contribution in [0.3, 0.4) is 0 Å². The summed E-state index contributed by atoms with van der Waals surface area (Å²) in [6.07, 6.45) is 0. The van der Waals surface area contributed by atoms with Crippen LogP contribution in [0.1, 0.15) is 10.4 Å². The Labute approximate surface area is 173 Å². The molecule has 4 nitrogen and oxygen atoms in total. The van der Waals surface area contributed by atoms with Crippen molar-refractivity contribution in [2.45, 2.75) is 0 Å². The van der Waals surface area contributed by atoms with Crippen LogP contribution in [0.25, 0.3) is 22.1 Å². The lowest BCUT2D eigenvalue weighted by atomic mass is 10.0. The van der Waals surface area contributed by atoms with Crippen molar-refractivity contribution in [2.75, 3.05) is 0 Å². The SMILES string of the molecule is O=C(Oc1ccc2c(-c3ccccc3)cc(=O)oc2c1)c1cc(Br)ccc1Cl. The van der Waals surface area contributed by atoms with Gasteiger partial charge in [0.2, 0.25) is 0 Å². The smallest absolute Gasteiger partial charge is 0.345 e. The van der Waals surface area contributed by atoms with Gasteiger partial charge in [0.15, 0.2) is 0 Å². The van der Waals surface area contributed by atoms with Crippen LogP contribution in [0.4, 0.5) is 0 Å². The van der Waals surface area contributed by atoms with Crippen molar-refractivity contribution in [1.82, 2.24) is 0 Å². The first-order chi connectivity index (χ1) is 13.5. The van der Waals surface area contributed by atoms with Crippen molar-refractivity contribution in [2.24, 2.45) is 0 Å². The standard InChI is InChI=1S/C22H12BrClO4/c23-14-6-9-19(24)18(10-14)22(26)27-15-7-8-16-17(13-4-2-1-3-5-13)12-21(25)28-20(16)11-15/h1-12H. The van der Waals surface area contributed by atoms with Gasteiger partial charge < -0.3 is 9.15 Å². The minimum Gasteiger partial charge on any atom is -0.423 e. The van der Waals surface area contributed by atoms with Crippen LogP contribution in [0.5, 0.6) is 5.75 Å². The number of carbonyl (C=O) groups excluding carboxylic acids is 1. The highest BCUT2D eigenvalue weighted by Gasteiger charge is 2.15. The molecule has 28 heavy (non-hydrogen) atoms. The van der Waals surface area contributed by atoms with E-state index in [-0.39, 0.29) is 16.3 Å². The van der Waals surface area contributed by atoms with Gasteiger partial charge in [-0.2, -0.15) is 0 Å². The summed E-state index contributed by atoms with van der Waals surface area (Å²) in [7, 11) is 0. The molecular formula is C22H12BrClO4.